The van der Waals surface area contributed by atoms with Gasteiger partial charge >= 0.3 is 18.1 Å². The predicted octanol–water partition coefficient (Wildman–Crippen LogP) is 11.4. The number of halogens is 3. The number of allylic oxidation sites excluding steroid dienone is 2. The van der Waals surface area contributed by atoms with Gasteiger partial charge < -0.3 is 9.47 Å². The van der Waals surface area contributed by atoms with E-state index in [4.69, 9.17) is 9.47 Å². The molecule has 0 N–H and O–H groups in total. The molecule has 0 aliphatic carbocycles. The number of Topliss-reactive ketones (excluding diaryl/α,β-unsaturated/α-hetero) is 2. The summed E-state index contributed by atoms with van der Waals surface area (Å²) in [4.78, 5) is 66.2. The van der Waals surface area contributed by atoms with Gasteiger partial charge in [-0.2, -0.15) is 13.2 Å². The van der Waals surface area contributed by atoms with E-state index in [2.05, 4.69) is 0 Å². The fourth-order valence-corrected chi connectivity index (χ4v) is 7.73. The van der Waals surface area contributed by atoms with Gasteiger partial charge in [-0.05, 0) is 97.4 Å². The number of alkyl halides is 3. The summed E-state index contributed by atoms with van der Waals surface area (Å²) in [7, 11) is 0. The van der Waals surface area contributed by atoms with E-state index >= 15 is 0 Å². The van der Waals surface area contributed by atoms with Crippen molar-refractivity contribution in [3.05, 3.63) is 136 Å². The summed E-state index contributed by atoms with van der Waals surface area (Å²) in [6, 6.07) is 24.0. The van der Waals surface area contributed by atoms with Gasteiger partial charge in [-0.15, -0.1) is 0 Å². The van der Waals surface area contributed by atoms with Crippen LogP contribution in [0.2, 0.25) is 0 Å². The highest BCUT2D eigenvalue weighted by Crippen LogP contribution is 2.43. The molecule has 0 saturated carbocycles. The minimum Gasteiger partial charge on any atom is -0.465 e. The Hall–Kier alpha value is -5.64. The predicted molar refractivity (Wildman–Crippen MR) is 228 cm³/mol. The molecule has 0 radical (unpaired) electrons. The number of ketones is 2. The van der Waals surface area contributed by atoms with Gasteiger partial charge in [0.2, 0.25) is 0 Å². The molecule has 0 spiro atoms. The first-order valence-electron chi connectivity index (χ1n) is 20.5. The van der Waals surface area contributed by atoms with Gasteiger partial charge in [-0.1, -0.05) is 112 Å². The molecular formula is C50H55F3O7. The second-order valence-corrected chi connectivity index (χ2v) is 15.5. The van der Waals surface area contributed by atoms with Crippen molar-refractivity contribution in [1.82, 2.24) is 0 Å². The van der Waals surface area contributed by atoms with Gasteiger partial charge in [0.05, 0.1) is 30.6 Å². The SMILES string of the molecule is CCOC(=O)C(CCOC(=O)Cc1ccc(CCCC(=O)c2ccccc2-c2ccc(C(F)(F)F)cc2)c(C(C=O)=C(C)CC)c1)(c1ccccc1C(C)=O)C(C)C(C)C. The van der Waals surface area contributed by atoms with Crippen LogP contribution in [-0.2, 0) is 48.3 Å². The third-order valence-corrected chi connectivity index (χ3v) is 11.5. The van der Waals surface area contributed by atoms with Crippen molar-refractivity contribution in [2.24, 2.45) is 11.8 Å². The molecule has 7 nitrogen and oxygen atoms in total. The molecule has 0 fully saturated rings. The number of aldehydes is 1. The number of hydrogen-bond donors (Lipinski definition) is 0. The molecule has 318 valence electrons. The topological polar surface area (TPSA) is 104 Å². The molecule has 2 unspecified atom stereocenters. The number of esters is 2. The van der Waals surface area contributed by atoms with Crippen LogP contribution in [0.3, 0.4) is 0 Å². The number of hydrogen-bond acceptors (Lipinski definition) is 7. The van der Waals surface area contributed by atoms with Gasteiger partial charge in [0.25, 0.3) is 0 Å². The van der Waals surface area contributed by atoms with Crippen molar-refractivity contribution in [3.8, 4) is 11.1 Å². The summed E-state index contributed by atoms with van der Waals surface area (Å²) in [5.41, 5.74) is 3.78. The first kappa shape index (κ1) is 47.0. The van der Waals surface area contributed by atoms with Crippen LogP contribution in [0.4, 0.5) is 13.2 Å². The number of rotatable bonds is 20. The molecule has 10 heteroatoms. The third-order valence-electron chi connectivity index (χ3n) is 11.5. The van der Waals surface area contributed by atoms with E-state index in [1.807, 2.05) is 40.7 Å². The zero-order valence-corrected chi connectivity index (χ0v) is 35.5. The average Bonchev–Trinajstić information content (AvgIpc) is 3.22. The van der Waals surface area contributed by atoms with Crippen LogP contribution in [0.15, 0.2) is 96.6 Å². The molecule has 2 atom stereocenters. The highest BCUT2D eigenvalue weighted by atomic mass is 19.4. The van der Waals surface area contributed by atoms with Crippen molar-refractivity contribution in [1.29, 1.82) is 0 Å². The first-order chi connectivity index (χ1) is 28.5. The van der Waals surface area contributed by atoms with E-state index in [0.717, 1.165) is 29.6 Å². The summed E-state index contributed by atoms with van der Waals surface area (Å²) in [5.74, 6) is -1.66. The Morgan fingerprint density at radius 2 is 1.43 bits per heavy atom. The Labute approximate surface area is 351 Å². The maximum absolute atomic E-state index is 13.9. The average molecular weight is 825 g/mol. The molecule has 4 aromatic rings. The molecule has 0 bridgehead atoms. The number of carbonyl (C=O) groups is 5. The van der Waals surface area contributed by atoms with E-state index in [-0.39, 0.29) is 55.9 Å². The maximum Gasteiger partial charge on any atom is 0.416 e. The van der Waals surface area contributed by atoms with Crippen LogP contribution in [-0.4, -0.2) is 43.0 Å². The monoisotopic (exact) mass is 824 g/mol. The molecule has 0 aromatic heterocycles. The van der Waals surface area contributed by atoms with Crippen LogP contribution in [0.1, 0.15) is 123 Å². The lowest BCUT2D eigenvalue weighted by atomic mass is 9.63. The lowest BCUT2D eigenvalue weighted by Crippen LogP contribution is -2.47. The largest absolute Gasteiger partial charge is 0.465 e. The van der Waals surface area contributed by atoms with Crippen LogP contribution < -0.4 is 0 Å². The Morgan fingerprint density at radius 1 is 0.783 bits per heavy atom. The number of aryl methyl sites for hydroxylation is 1. The maximum atomic E-state index is 13.9. The summed E-state index contributed by atoms with van der Waals surface area (Å²) < 4.78 is 51.0. The molecule has 4 rings (SSSR count). The second kappa shape index (κ2) is 21.1. The Bertz CT molecular complexity index is 2200. The van der Waals surface area contributed by atoms with Gasteiger partial charge in [0.1, 0.15) is 0 Å². The van der Waals surface area contributed by atoms with Crippen molar-refractivity contribution in [3.63, 3.8) is 0 Å². The van der Waals surface area contributed by atoms with Gasteiger partial charge in [0.15, 0.2) is 17.9 Å². The van der Waals surface area contributed by atoms with Gasteiger partial charge in [0, 0.05) is 29.5 Å². The number of carbonyl (C=O) groups excluding carboxylic acids is 5. The summed E-state index contributed by atoms with van der Waals surface area (Å²) >= 11 is 0. The van der Waals surface area contributed by atoms with Crippen molar-refractivity contribution in [2.75, 3.05) is 13.2 Å². The van der Waals surface area contributed by atoms with Crippen molar-refractivity contribution < 1.29 is 46.6 Å². The molecule has 60 heavy (non-hydrogen) atoms. The molecular weight excluding hydrogens is 770 g/mol. The van der Waals surface area contributed by atoms with E-state index in [1.54, 1.807) is 67.6 Å². The van der Waals surface area contributed by atoms with Crippen LogP contribution in [0.25, 0.3) is 16.7 Å². The smallest absolute Gasteiger partial charge is 0.416 e. The Morgan fingerprint density at radius 3 is 2.03 bits per heavy atom. The fourth-order valence-electron chi connectivity index (χ4n) is 7.73. The zero-order chi connectivity index (χ0) is 44.2. The molecule has 0 amide bonds. The van der Waals surface area contributed by atoms with Gasteiger partial charge in [-0.3, -0.25) is 24.0 Å². The third kappa shape index (κ3) is 11.1. The quantitative estimate of drug-likeness (QED) is 0.0378. The van der Waals surface area contributed by atoms with Crippen molar-refractivity contribution in [2.45, 2.75) is 98.6 Å². The van der Waals surface area contributed by atoms with Crippen LogP contribution >= 0.6 is 0 Å². The second-order valence-electron chi connectivity index (χ2n) is 15.5. The highest BCUT2D eigenvalue weighted by Gasteiger charge is 2.49. The lowest BCUT2D eigenvalue weighted by Gasteiger charge is -2.40. The Balaban J connectivity index is 1.54. The normalized spacial score (nSPS) is 13.5. The summed E-state index contributed by atoms with van der Waals surface area (Å²) in [6.45, 7) is 12.9. The molecule has 0 aliphatic rings. The van der Waals surface area contributed by atoms with Crippen molar-refractivity contribution >= 4 is 35.4 Å². The van der Waals surface area contributed by atoms with Gasteiger partial charge in [-0.25, -0.2) is 0 Å². The molecule has 0 heterocycles. The molecule has 0 saturated heterocycles. The minimum atomic E-state index is -4.47. The van der Waals surface area contributed by atoms with Crippen LogP contribution in [0.5, 0.6) is 0 Å². The lowest BCUT2D eigenvalue weighted by molar-refractivity contribution is -0.156. The van der Waals surface area contributed by atoms with E-state index in [1.165, 1.54) is 19.1 Å². The fraction of sp³-hybridized carbons (Fsp3) is 0.380. The summed E-state index contributed by atoms with van der Waals surface area (Å²) in [5, 5.41) is 0. The highest BCUT2D eigenvalue weighted by molar-refractivity contribution is 6.09. The number of ether oxygens (including phenoxy) is 2. The van der Waals surface area contributed by atoms with Crippen LogP contribution in [0, 0.1) is 11.8 Å². The number of benzene rings is 4. The van der Waals surface area contributed by atoms with E-state index in [9.17, 15) is 37.1 Å². The standard InChI is InChI=1S/C50H55F3O7/c1-8-33(5)44(31-54)43-29-36(21-22-37(43)15-14-20-46(56)42-18-11-10-17-41(42)38-23-25-39(26-24-38)50(51,52)53)30-47(57)60-28-27-49(34(6)32(3)4,48(58)59-9-2)45-19-13-12-16-40(45)35(7)55/h10-13,16-19,21-26,29,31-32,34H,8-9,14-15,20,27-28,30H2,1-7H3. The van der Waals surface area contributed by atoms with E-state index in [0.29, 0.717) is 63.8 Å². The zero-order valence-electron chi connectivity index (χ0n) is 35.5. The Kier molecular flexibility index (Phi) is 16.5. The molecule has 4 aromatic carbocycles. The van der Waals surface area contributed by atoms with E-state index < -0.39 is 29.1 Å². The minimum absolute atomic E-state index is 0.00957. The first-order valence-corrected chi connectivity index (χ1v) is 20.5. The summed E-state index contributed by atoms with van der Waals surface area (Å²) in [6.07, 6.45) is -2.06. The molecule has 0 aliphatic heterocycles.